The van der Waals surface area contributed by atoms with Crippen molar-refractivity contribution >= 4 is 28.8 Å². The standard InChI is InChI=1S/C25H28N4O4/c30-23-21(12-6-7-13-26-25(32)33-16-17-8-2-1-3-9-17)28-24(31)22(29-23)14-18-15-27-20-11-5-4-10-19(18)20/h1-5,8-11,15,21-22,27H,6-7,12-14,16H2,(H,26,32)(H,28,31)(H,29,30)/t21-,22+/m0/s1. The number of ether oxygens (including phenoxy) is 1. The monoisotopic (exact) mass is 448 g/mol. The number of aromatic nitrogens is 1. The molecule has 8 heteroatoms. The fourth-order valence-corrected chi connectivity index (χ4v) is 3.98. The van der Waals surface area contributed by atoms with Crippen LogP contribution in [0.1, 0.15) is 30.4 Å². The van der Waals surface area contributed by atoms with E-state index >= 15 is 0 Å². The fraction of sp³-hybridized carbons (Fsp3) is 0.320. The Bertz CT molecular complexity index is 1110. The molecule has 1 aliphatic heterocycles. The van der Waals surface area contributed by atoms with Crippen molar-refractivity contribution in [3.63, 3.8) is 0 Å². The van der Waals surface area contributed by atoms with Crippen LogP contribution in [0.2, 0.25) is 0 Å². The third-order valence-electron chi connectivity index (χ3n) is 5.77. The summed E-state index contributed by atoms with van der Waals surface area (Å²) in [6.45, 7) is 0.666. The van der Waals surface area contributed by atoms with E-state index in [1.807, 2.05) is 60.8 Å². The predicted molar refractivity (Wildman–Crippen MR) is 124 cm³/mol. The van der Waals surface area contributed by atoms with Gasteiger partial charge in [0.05, 0.1) is 0 Å². The first-order valence-corrected chi connectivity index (χ1v) is 11.2. The first-order valence-electron chi connectivity index (χ1n) is 11.2. The molecule has 0 spiro atoms. The third kappa shape index (κ3) is 5.91. The number of fused-ring (bicyclic) bond motifs is 1. The molecule has 3 amide bonds. The number of aromatic amines is 1. The lowest BCUT2D eigenvalue weighted by Gasteiger charge is -2.29. The molecule has 2 atom stereocenters. The summed E-state index contributed by atoms with van der Waals surface area (Å²) in [4.78, 5) is 40.0. The second-order valence-electron chi connectivity index (χ2n) is 8.17. The summed E-state index contributed by atoms with van der Waals surface area (Å²) >= 11 is 0. The quantitative estimate of drug-likeness (QED) is 0.377. The van der Waals surface area contributed by atoms with E-state index in [1.165, 1.54) is 0 Å². The van der Waals surface area contributed by atoms with Gasteiger partial charge in [-0.15, -0.1) is 0 Å². The van der Waals surface area contributed by atoms with Crippen molar-refractivity contribution in [2.75, 3.05) is 6.54 Å². The van der Waals surface area contributed by atoms with Gasteiger partial charge in [0.1, 0.15) is 18.7 Å². The maximum atomic E-state index is 12.6. The molecule has 2 aromatic carbocycles. The molecule has 0 aliphatic carbocycles. The lowest BCUT2D eigenvalue weighted by Crippen LogP contribution is -2.62. The summed E-state index contributed by atoms with van der Waals surface area (Å²) in [6, 6.07) is 16.2. The Labute approximate surface area is 192 Å². The molecule has 0 bridgehead atoms. The average molecular weight is 449 g/mol. The molecule has 1 aliphatic rings. The van der Waals surface area contributed by atoms with Crippen molar-refractivity contribution in [1.82, 2.24) is 20.9 Å². The second kappa shape index (κ2) is 10.7. The van der Waals surface area contributed by atoms with E-state index in [-0.39, 0.29) is 18.4 Å². The molecule has 8 nitrogen and oxygen atoms in total. The lowest BCUT2D eigenvalue weighted by atomic mass is 9.99. The number of unbranched alkanes of at least 4 members (excludes halogenated alkanes) is 1. The number of carbonyl (C=O) groups excluding carboxylic acids is 3. The van der Waals surface area contributed by atoms with Gasteiger partial charge in [-0.3, -0.25) is 9.59 Å². The molecular weight excluding hydrogens is 420 g/mol. The van der Waals surface area contributed by atoms with Gasteiger partial charge < -0.3 is 25.7 Å². The molecule has 172 valence electrons. The van der Waals surface area contributed by atoms with Crippen LogP contribution in [0.4, 0.5) is 4.79 Å². The number of para-hydroxylation sites is 1. The van der Waals surface area contributed by atoms with Crippen LogP contribution < -0.4 is 16.0 Å². The third-order valence-corrected chi connectivity index (χ3v) is 5.77. The van der Waals surface area contributed by atoms with Crippen molar-refractivity contribution in [2.45, 2.75) is 44.4 Å². The summed E-state index contributed by atoms with van der Waals surface area (Å²) in [5.41, 5.74) is 2.93. The van der Waals surface area contributed by atoms with Crippen molar-refractivity contribution < 1.29 is 19.1 Å². The molecule has 1 saturated heterocycles. The molecule has 0 radical (unpaired) electrons. The van der Waals surface area contributed by atoms with Crippen LogP contribution in [0.15, 0.2) is 60.8 Å². The zero-order valence-electron chi connectivity index (χ0n) is 18.3. The van der Waals surface area contributed by atoms with Crippen LogP contribution in [-0.2, 0) is 27.4 Å². The van der Waals surface area contributed by atoms with Gasteiger partial charge in [0.2, 0.25) is 11.8 Å². The largest absolute Gasteiger partial charge is 0.445 e. The number of hydrogen-bond donors (Lipinski definition) is 4. The first-order chi connectivity index (χ1) is 16.1. The Kier molecular flexibility index (Phi) is 7.24. The lowest BCUT2D eigenvalue weighted by molar-refractivity contribution is -0.136. The van der Waals surface area contributed by atoms with E-state index in [1.54, 1.807) is 0 Å². The average Bonchev–Trinajstić information content (AvgIpc) is 3.24. The van der Waals surface area contributed by atoms with Crippen LogP contribution in [-0.4, -0.2) is 41.5 Å². The molecule has 0 saturated carbocycles. The number of hydrogen-bond acceptors (Lipinski definition) is 4. The van der Waals surface area contributed by atoms with Crippen LogP contribution in [0.5, 0.6) is 0 Å². The normalized spacial score (nSPS) is 17.9. The van der Waals surface area contributed by atoms with Gasteiger partial charge in [-0.25, -0.2) is 4.79 Å². The fourth-order valence-electron chi connectivity index (χ4n) is 3.98. The maximum Gasteiger partial charge on any atom is 0.407 e. The number of carbonyl (C=O) groups is 3. The van der Waals surface area contributed by atoms with Gasteiger partial charge in [0, 0.05) is 30.1 Å². The Morgan fingerprint density at radius 2 is 1.64 bits per heavy atom. The van der Waals surface area contributed by atoms with Crippen LogP contribution in [0.25, 0.3) is 10.9 Å². The van der Waals surface area contributed by atoms with Crippen LogP contribution in [0, 0.1) is 0 Å². The summed E-state index contributed by atoms with van der Waals surface area (Å²) in [5, 5.41) is 9.45. The molecular formula is C25H28N4O4. The van der Waals surface area contributed by atoms with E-state index in [0.717, 1.165) is 22.0 Å². The highest BCUT2D eigenvalue weighted by Gasteiger charge is 2.33. The number of benzene rings is 2. The minimum Gasteiger partial charge on any atom is -0.445 e. The molecule has 0 unspecified atom stereocenters. The number of alkyl carbamates (subject to hydrolysis) is 1. The Hall–Kier alpha value is -3.81. The predicted octanol–water partition coefficient (Wildman–Crippen LogP) is 2.79. The van der Waals surface area contributed by atoms with Gasteiger partial charge in [-0.05, 0) is 36.5 Å². The number of rotatable bonds is 9. The Morgan fingerprint density at radius 3 is 2.48 bits per heavy atom. The number of amides is 3. The molecule has 2 heterocycles. The van der Waals surface area contributed by atoms with Crippen LogP contribution in [0.3, 0.4) is 0 Å². The molecule has 4 rings (SSSR count). The van der Waals surface area contributed by atoms with Crippen molar-refractivity contribution in [3.05, 3.63) is 71.9 Å². The zero-order valence-corrected chi connectivity index (χ0v) is 18.3. The summed E-state index contributed by atoms with van der Waals surface area (Å²) in [6.07, 6.45) is 3.72. The van der Waals surface area contributed by atoms with E-state index in [9.17, 15) is 14.4 Å². The summed E-state index contributed by atoms with van der Waals surface area (Å²) in [5.74, 6) is -0.345. The smallest absolute Gasteiger partial charge is 0.407 e. The molecule has 4 N–H and O–H groups in total. The van der Waals surface area contributed by atoms with E-state index in [4.69, 9.17) is 4.74 Å². The van der Waals surface area contributed by atoms with E-state index < -0.39 is 18.2 Å². The number of nitrogens with one attached hydrogen (secondary N) is 4. The van der Waals surface area contributed by atoms with Crippen molar-refractivity contribution in [1.29, 1.82) is 0 Å². The van der Waals surface area contributed by atoms with Gasteiger partial charge in [-0.2, -0.15) is 0 Å². The molecule has 1 fully saturated rings. The molecule has 33 heavy (non-hydrogen) atoms. The maximum absolute atomic E-state index is 12.6. The van der Waals surface area contributed by atoms with Gasteiger partial charge in [-0.1, -0.05) is 48.5 Å². The van der Waals surface area contributed by atoms with Crippen molar-refractivity contribution in [3.8, 4) is 0 Å². The van der Waals surface area contributed by atoms with Gasteiger partial charge in [0.25, 0.3) is 0 Å². The zero-order chi connectivity index (χ0) is 23.0. The number of piperazine rings is 1. The highest BCUT2D eigenvalue weighted by Crippen LogP contribution is 2.20. The van der Waals surface area contributed by atoms with Crippen LogP contribution >= 0.6 is 0 Å². The minimum atomic E-state index is -0.589. The van der Waals surface area contributed by atoms with E-state index in [2.05, 4.69) is 20.9 Å². The topological polar surface area (TPSA) is 112 Å². The number of H-pyrrole nitrogens is 1. The summed E-state index contributed by atoms with van der Waals surface area (Å²) in [7, 11) is 0. The highest BCUT2D eigenvalue weighted by molar-refractivity contribution is 5.97. The second-order valence-corrected chi connectivity index (χ2v) is 8.17. The highest BCUT2D eigenvalue weighted by atomic mass is 16.5. The summed E-state index contributed by atoms with van der Waals surface area (Å²) < 4.78 is 5.16. The minimum absolute atomic E-state index is 0.172. The molecule has 3 aromatic rings. The van der Waals surface area contributed by atoms with E-state index in [0.29, 0.717) is 32.2 Å². The van der Waals surface area contributed by atoms with Gasteiger partial charge >= 0.3 is 6.09 Å². The Morgan fingerprint density at radius 1 is 0.909 bits per heavy atom. The Balaban J connectivity index is 1.15. The SMILES string of the molecule is O=C(NCCCC[C@@H]1NC(=O)[C@@H](Cc2c[nH]c3ccccc23)NC1=O)OCc1ccccc1. The van der Waals surface area contributed by atoms with Gasteiger partial charge in [0.15, 0.2) is 0 Å². The first kappa shape index (κ1) is 22.4. The molecule has 1 aromatic heterocycles. The van der Waals surface area contributed by atoms with Crippen molar-refractivity contribution in [2.24, 2.45) is 0 Å².